The molecule has 1 N–H and O–H groups in total. The van der Waals surface area contributed by atoms with E-state index in [9.17, 15) is 9.59 Å². The summed E-state index contributed by atoms with van der Waals surface area (Å²) in [5, 5.41) is 0. The maximum Gasteiger partial charge on any atom is 0.409 e. The summed E-state index contributed by atoms with van der Waals surface area (Å²) in [6.07, 6.45) is 0.386. The molecule has 1 amide bonds. The Morgan fingerprint density at radius 3 is 2.76 bits per heavy atom. The van der Waals surface area contributed by atoms with E-state index in [-0.39, 0.29) is 23.9 Å². The topological polar surface area (TPSA) is 76.0 Å². The molecule has 0 saturated carbocycles. The molecule has 0 unspecified atom stereocenters. The summed E-state index contributed by atoms with van der Waals surface area (Å²) >= 11 is 3.34. The van der Waals surface area contributed by atoms with Crippen molar-refractivity contribution in [2.45, 2.75) is 32.8 Å². The molecule has 2 atom stereocenters. The van der Waals surface area contributed by atoms with Crippen molar-refractivity contribution in [3.8, 4) is 0 Å². The van der Waals surface area contributed by atoms with Gasteiger partial charge in [0.25, 0.3) is 0 Å². The van der Waals surface area contributed by atoms with Crippen molar-refractivity contribution < 1.29 is 19.1 Å². The molecule has 0 radical (unpaired) electrons. The van der Waals surface area contributed by atoms with Crippen LogP contribution in [-0.4, -0.2) is 54.7 Å². The molecule has 1 aromatic heterocycles. The summed E-state index contributed by atoms with van der Waals surface area (Å²) in [4.78, 5) is 32.6. The average molecular weight is 412 g/mol. The van der Waals surface area contributed by atoms with Crippen LogP contribution >= 0.6 is 15.9 Å². The van der Waals surface area contributed by atoms with E-state index >= 15 is 0 Å². The van der Waals surface area contributed by atoms with Crippen LogP contribution in [0.5, 0.6) is 0 Å². The second kappa shape index (κ2) is 8.50. The number of ketones is 1. The Kier molecular flexibility index (Phi) is 6.62. The molecule has 0 aromatic carbocycles. The van der Waals surface area contributed by atoms with Crippen molar-refractivity contribution in [2.24, 2.45) is 5.92 Å². The largest absolute Gasteiger partial charge is 0.450 e. The lowest BCUT2D eigenvalue weighted by Gasteiger charge is -2.36. The number of halogens is 1. The first kappa shape index (κ1) is 19.5. The van der Waals surface area contributed by atoms with Gasteiger partial charge in [-0.2, -0.15) is 0 Å². The normalized spacial score (nSPS) is 20.2. The summed E-state index contributed by atoms with van der Waals surface area (Å²) in [6, 6.07) is 0. The van der Waals surface area contributed by atoms with Crippen LogP contribution in [0.4, 0.5) is 10.5 Å². The second-order valence-corrected chi connectivity index (χ2v) is 6.79. The first-order valence-corrected chi connectivity index (χ1v) is 8.95. The molecule has 0 aliphatic carbocycles. The summed E-state index contributed by atoms with van der Waals surface area (Å²) < 4.78 is 11.1. The van der Waals surface area contributed by atoms with Crippen LogP contribution < -0.4 is 0 Å². The summed E-state index contributed by atoms with van der Waals surface area (Å²) in [6.45, 7) is 12.0. The van der Waals surface area contributed by atoms with Gasteiger partial charge in [-0.3, -0.25) is 4.79 Å². The van der Waals surface area contributed by atoms with E-state index in [2.05, 4.69) is 25.8 Å². The number of hydrogen-bond acceptors (Lipinski definition) is 4. The number of H-pyrrole nitrogens is 1. The van der Waals surface area contributed by atoms with E-state index in [1.807, 2.05) is 0 Å². The predicted octanol–water partition coefficient (Wildman–Crippen LogP) is 3.70. The number of ether oxygens (including phenoxy) is 2. The molecule has 2 heterocycles. The fourth-order valence-electron chi connectivity index (χ4n) is 3.10. The number of carbonyl (C=O) groups excluding carboxylic acids is 2. The highest BCUT2D eigenvalue weighted by molar-refractivity contribution is 9.10. The van der Waals surface area contributed by atoms with Gasteiger partial charge in [0.15, 0.2) is 5.78 Å². The molecule has 136 valence electrons. The monoisotopic (exact) mass is 411 g/mol. The zero-order valence-corrected chi connectivity index (χ0v) is 16.2. The Labute approximate surface area is 155 Å². The Morgan fingerprint density at radius 1 is 1.48 bits per heavy atom. The Hall–Kier alpha value is -1.85. The quantitative estimate of drug-likeness (QED) is 0.591. The van der Waals surface area contributed by atoms with Gasteiger partial charge in [-0.05, 0) is 26.2 Å². The van der Waals surface area contributed by atoms with Crippen molar-refractivity contribution in [3.63, 3.8) is 0 Å². The van der Waals surface area contributed by atoms with Gasteiger partial charge in [-0.15, -0.1) is 0 Å². The molecule has 1 aliphatic rings. The van der Waals surface area contributed by atoms with Crippen molar-refractivity contribution in [3.05, 3.63) is 27.3 Å². The molecule has 1 aromatic rings. The van der Waals surface area contributed by atoms with Crippen molar-refractivity contribution in [2.75, 3.05) is 26.8 Å². The molecule has 25 heavy (non-hydrogen) atoms. The Balaban J connectivity index is 2.06. The molecule has 2 rings (SSSR count). The number of rotatable bonds is 5. The zero-order valence-electron chi connectivity index (χ0n) is 14.6. The smallest absolute Gasteiger partial charge is 0.409 e. The molecule has 1 fully saturated rings. The fraction of sp³-hybridized carbons (Fsp3) is 0.588. The number of aromatic nitrogens is 1. The van der Waals surface area contributed by atoms with Crippen molar-refractivity contribution in [1.82, 2.24) is 9.88 Å². The van der Waals surface area contributed by atoms with Gasteiger partial charge in [0.05, 0.1) is 36.0 Å². The number of aryl methyl sites for hydroxylation is 1. The van der Waals surface area contributed by atoms with Crippen LogP contribution in [0.15, 0.2) is 4.47 Å². The number of methoxy groups -OCH3 is 1. The standard InChI is InChI=1S/C17H22BrN3O4/c1-5-25-17(23)21-7-6-11(13(9-21)24-4)8-12(22)16-14(18)15(19-3)10(2)20-16/h11,13,20H,5-9H2,1-2,4H3/t11-,13-/m0/s1. The number of aromatic amines is 1. The number of likely N-dealkylation sites (tertiary alicyclic amines) is 1. The minimum absolute atomic E-state index is 0.00933. The lowest BCUT2D eigenvalue weighted by Crippen LogP contribution is -2.48. The van der Waals surface area contributed by atoms with Gasteiger partial charge in [-0.1, -0.05) is 15.9 Å². The Bertz CT molecular complexity index is 695. The maximum atomic E-state index is 12.7. The van der Waals surface area contributed by atoms with Gasteiger partial charge in [0, 0.05) is 25.8 Å². The molecule has 1 saturated heterocycles. The third-order valence-electron chi connectivity index (χ3n) is 4.46. The molecule has 7 nitrogen and oxygen atoms in total. The first-order valence-electron chi connectivity index (χ1n) is 8.16. The number of piperidine rings is 1. The van der Waals surface area contributed by atoms with Gasteiger partial charge >= 0.3 is 6.09 Å². The van der Waals surface area contributed by atoms with Gasteiger partial charge < -0.3 is 19.4 Å². The van der Waals surface area contributed by atoms with Crippen molar-refractivity contribution >= 4 is 33.5 Å². The van der Waals surface area contributed by atoms with Crippen molar-refractivity contribution in [1.29, 1.82) is 0 Å². The highest BCUT2D eigenvalue weighted by Gasteiger charge is 2.34. The van der Waals surface area contributed by atoms with Gasteiger partial charge in [-0.25, -0.2) is 9.64 Å². The maximum absolute atomic E-state index is 12.7. The van der Waals surface area contributed by atoms with Gasteiger partial charge in [0.2, 0.25) is 5.69 Å². The molecule has 0 spiro atoms. The summed E-state index contributed by atoms with van der Waals surface area (Å²) in [7, 11) is 1.59. The average Bonchev–Trinajstić information content (AvgIpc) is 2.89. The van der Waals surface area contributed by atoms with Crippen LogP contribution in [0, 0.1) is 19.4 Å². The van der Waals surface area contributed by atoms with E-state index < -0.39 is 0 Å². The number of nitrogens with zero attached hydrogens (tertiary/aromatic N) is 2. The van der Waals surface area contributed by atoms with Gasteiger partial charge in [0.1, 0.15) is 0 Å². The van der Waals surface area contributed by atoms with E-state index in [0.717, 1.165) is 0 Å². The molecule has 1 aliphatic heterocycles. The van der Waals surface area contributed by atoms with E-state index in [1.165, 1.54) is 0 Å². The lowest BCUT2D eigenvalue weighted by molar-refractivity contribution is -0.0121. The fourth-order valence-corrected chi connectivity index (χ4v) is 3.80. The highest BCUT2D eigenvalue weighted by Crippen LogP contribution is 2.34. The third-order valence-corrected chi connectivity index (χ3v) is 5.23. The minimum Gasteiger partial charge on any atom is -0.450 e. The molecule has 8 heteroatoms. The predicted molar refractivity (Wildman–Crippen MR) is 95.9 cm³/mol. The number of hydrogen-bond donors (Lipinski definition) is 1. The Morgan fingerprint density at radius 2 is 2.20 bits per heavy atom. The van der Waals surface area contributed by atoms with E-state index in [1.54, 1.807) is 25.9 Å². The lowest BCUT2D eigenvalue weighted by atomic mass is 9.88. The van der Waals surface area contributed by atoms with E-state index in [4.69, 9.17) is 16.0 Å². The molecule has 0 bridgehead atoms. The van der Waals surface area contributed by atoms with Crippen LogP contribution in [0.2, 0.25) is 0 Å². The molecular formula is C17H22BrN3O4. The minimum atomic E-state index is -0.348. The van der Waals surface area contributed by atoms with Crippen LogP contribution in [0.1, 0.15) is 35.9 Å². The SMILES string of the molecule is [C-]#[N+]c1c(C)[nH]c(C(=O)C[C@@H]2CCN(C(=O)OCC)C[C@@H]2OC)c1Br. The number of nitrogens with one attached hydrogen (secondary N) is 1. The second-order valence-electron chi connectivity index (χ2n) is 5.99. The number of carbonyl (C=O) groups is 2. The molecular weight excluding hydrogens is 390 g/mol. The number of amides is 1. The van der Waals surface area contributed by atoms with Crippen LogP contribution in [-0.2, 0) is 9.47 Å². The van der Waals surface area contributed by atoms with Crippen LogP contribution in [0.3, 0.4) is 0 Å². The first-order chi connectivity index (χ1) is 11.9. The highest BCUT2D eigenvalue weighted by atomic mass is 79.9. The number of Topliss-reactive ketones (excluding diaryl/α,β-unsaturated/α-hetero) is 1. The zero-order chi connectivity index (χ0) is 18.6. The summed E-state index contributed by atoms with van der Waals surface area (Å²) in [5.74, 6) is -0.0587. The van der Waals surface area contributed by atoms with E-state index in [0.29, 0.717) is 54.1 Å². The summed E-state index contributed by atoms with van der Waals surface area (Å²) in [5.41, 5.74) is 1.53. The third kappa shape index (κ3) is 4.22. The van der Waals surface area contributed by atoms with Crippen LogP contribution in [0.25, 0.3) is 4.85 Å².